The van der Waals surface area contributed by atoms with Crippen LogP contribution in [0.4, 0.5) is 5.69 Å². The van der Waals surface area contributed by atoms with Gasteiger partial charge in [-0.15, -0.1) is 0 Å². The molecule has 8 heteroatoms. The number of benzene rings is 2. The van der Waals surface area contributed by atoms with Gasteiger partial charge in [-0.3, -0.25) is 24.1 Å². The van der Waals surface area contributed by atoms with Gasteiger partial charge in [0.2, 0.25) is 0 Å². The summed E-state index contributed by atoms with van der Waals surface area (Å²) in [4.78, 5) is 53.0. The minimum absolute atomic E-state index is 0.00215. The summed E-state index contributed by atoms with van der Waals surface area (Å²) >= 11 is 0. The highest BCUT2D eigenvalue weighted by atomic mass is 16.5. The number of nitrogens with zero attached hydrogens (tertiary/aromatic N) is 2. The van der Waals surface area contributed by atoms with E-state index in [1.165, 1.54) is 4.90 Å². The Balaban J connectivity index is 1.42. The minimum atomic E-state index is -0.942. The lowest BCUT2D eigenvalue weighted by Gasteiger charge is -2.33. The fourth-order valence-electron chi connectivity index (χ4n) is 4.00. The molecule has 8 nitrogen and oxygen atoms in total. The first-order valence-electron chi connectivity index (χ1n) is 10.4. The smallest absolute Gasteiger partial charge is 0.265 e. The lowest BCUT2D eigenvalue weighted by molar-refractivity contribution is -0.121. The number of fused-ring (bicyclic) bond motifs is 2. The predicted molar refractivity (Wildman–Crippen MR) is 116 cm³/mol. The normalized spacial score (nSPS) is 15.5. The molecule has 166 valence electrons. The van der Waals surface area contributed by atoms with Gasteiger partial charge < -0.3 is 14.4 Å². The van der Waals surface area contributed by atoms with Crippen LogP contribution in [-0.2, 0) is 9.53 Å². The molecule has 0 aliphatic carbocycles. The number of likely N-dealkylation sites (N-methyl/N-ethyl adjacent to an activating group) is 1. The molecule has 0 aromatic heterocycles. The summed E-state index contributed by atoms with van der Waals surface area (Å²) in [6.45, 7) is 5.51. The average Bonchev–Trinajstić information content (AvgIpc) is 3.04. The first-order valence-corrected chi connectivity index (χ1v) is 10.4. The van der Waals surface area contributed by atoms with Crippen LogP contribution in [0.2, 0.25) is 0 Å². The summed E-state index contributed by atoms with van der Waals surface area (Å²) in [5.41, 5.74) is 0.740. The van der Waals surface area contributed by atoms with Crippen molar-refractivity contribution < 1.29 is 28.7 Å². The van der Waals surface area contributed by atoms with Gasteiger partial charge in [-0.05, 0) is 51.1 Å². The van der Waals surface area contributed by atoms with E-state index in [4.69, 9.17) is 9.47 Å². The second-order valence-corrected chi connectivity index (χ2v) is 8.33. The van der Waals surface area contributed by atoms with Crippen molar-refractivity contribution in [3.63, 3.8) is 0 Å². The Bertz CT molecular complexity index is 1090. The van der Waals surface area contributed by atoms with Crippen LogP contribution < -0.4 is 9.64 Å². The topological polar surface area (TPSA) is 93.2 Å². The SMILES string of the molecule is CCN1C(=O)COc2ccc(C(=O)COCC(C)(C)N3C(=O)c4ccccc4C3=O)cc21. The summed E-state index contributed by atoms with van der Waals surface area (Å²) in [6.07, 6.45) is 0. The molecule has 2 heterocycles. The van der Waals surface area contributed by atoms with Crippen LogP contribution in [0.25, 0.3) is 0 Å². The number of ether oxygens (including phenoxy) is 2. The fourth-order valence-corrected chi connectivity index (χ4v) is 4.00. The fraction of sp³-hybridized carbons (Fsp3) is 0.333. The van der Waals surface area contributed by atoms with Gasteiger partial charge in [0.15, 0.2) is 12.4 Å². The van der Waals surface area contributed by atoms with Crippen LogP contribution in [-0.4, -0.2) is 60.3 Å². The van der Waals surface area contributed by atoms with Gasteiger partial charge in [0.05, 0.1) is 29.0 Å². The molecule has 0 unspecified atom stereocenters. The Morgan fingerprint density at radius 1 is 1.06 bits per heavy atom. The molecule has 0 atom stereocenters. The standard InChI is InChI=1S/C24H24N2O6/c1-4-25-18-11-15(9-10-20(18)32-13-21(25)28)19(27)12-31-14-24(2,3)26-22(29)16-7-5-6-8-17(16)23(26)30/h5-11H,4,12-14H2,1-3H3. The number of rotatable bonds is 7. The molecule has 0 radical (unpaired) electrons. The maximum absolute atomic E-state index is 12.7. The zero-order valence-electron chi connectivity index (χ0n) is 18.2. The molecule has 0 spiro atoms. The van der Waals surface area contributed by atoms with Gasteiger partial charge >= 0.3 is 0 Å². The molecule has 4 rings (SSSR count). The van der Waals surface area contributed by atoms with Gasteiger partial charge in [-0.25, -0.2) is 0 Å². The monoisotopic (exact) mass is 436 g/mol. The van der Waals surface area contributed by atoms with Crippen LogP contribution in [0.3, 0.4) is 0 Å². The lowest BCUT2D eigenvalue weighted by atomic mass is 10.0. The molecule has 0 fully saturated rings. The zero-order valence-corrected chi connectivity index (χ0v) is 18.2. The number of carbonyl (C=O) groups is 4. The van der Waals surface area contributed by atoms with E-state index in [0.29, 0.717) is 34.7 Å². The Labute approximate surface area is 185 Å². The molecule has 2 aromatic rings. The van der Waals surface area contributed by atoms with Crippen molar-refractivity contribution in [2.75, 3.05) is 31.3 Å². The number of carbonyl (C=O) groups excluding carboxylic acids is 4. The molecule has 2 aliphatic heterocycles. The Kier molecular flexibility index (Phi) is 5.56. The van der Waals surface area contributed by atoms with E-state index in [1.54, 1.807) is 61.2 Å². The molecule has 0 N–H and O–H groups in total. The third-order valence-corrected chi connectivity index (χ3v) is 5.63. The number of Topliss-reactive ketones (excluding diaryl/α,β-unsaturated/α-hetero) is 1. The zero-order chi connectivity index (χ0) is 23.0. The van der Waals surface area contributed by atoms with E-state index in [-0.39, 0.29) is 43.3 Å². The highest BCUT2D eigenvalue weighted by Gasteiger charge is 2.44. The summed E-state index contributed by atoms with van der Waals surface area (Å²) in [7, 11) is 0. The first-order chi connectivity index (χ1) is 15.2. The molecule has 3 amide bonds. The first kappa shape index (κ1) is 21.7. The summed E-state index contributed by atoms with van der Waals surface area (Å²) in [6, 6.07) is 11.6. The number of anilines is 1. The second kappa shape index (κ2) is 8.20. The summed E-state index contributed by atoms with van der Waals surface area (Å²) < 4.78 is 11.1. The molecule has 32 heavy (non-hydrogen) atoms. The number of hydrogen-bond acceptors (Lipinski definition) is 6. The Morgan fingerprint density at radius 3 is 2.34 bits per heavy atom. The molecule has 2 aromatic carbocycles. The number of hydrogen-bond donors (Lipinski definition) is 0. The largest absolute Gasteiger partial charge is 0.482 e. The van der Waals surface area contributed by atoms with E-state index < -0.39 is 5.54 Å². The highest BCUT2D eigenvalue weighted by Crippen LogP contribution is 2.33. The molecular weight excluding hydrogens is 412 g/mol. The van der Waals surface area contributed by atoms with Crippen molar-refractivity contribution in [3.05, 3.63) is 59.2 Å². The van der Waals surface area contributed by atoms with Crippen LogP contribution in [0, 0.1) is 0 Å². The third-order valence-electron chi connectivity index (χ3n) is 5.63. The van der Waals surface area contributed by atoms with E-state index in [9.17, 15) is 19.2 Å². The number of imide groups is 1. The second-order valence-electron chi connectivity index (χ2n) is 8.33. The highest BCUT2D eigenvalue weighted by molar-refractivity contribution is 6.21. The van der Waals surface area contributed by atoms with Crippen molar-refractivity contribution in [3.8, 4) is 5.75 Å². The van der Waals surface area contributed by atoms with Gasteiger partial charge in [-0.1, -0.05) is 12.1 Å². The molecular formula is C24H24N2O6. The minimum Gasteiger partial charge on any atom is -0.482 e. The third kappa shape index (κ3) is 3.67. The van der Waals surface area contributed by atoms with Crippen LogP contribution >= 0.6 is 0 Å². The maximum atomic E-state index is 12.7. The quantitative estimate of drug-likeness (QED) is 0.489. The van der Waals surface area contributed by atoms with Crippen LogP contribution in [0.1, 0.15) is 51.8 Å². The number of ketones is 1. The predicted octanol–water partition coefficient (Wildman–Crippen LogP) is 2.71. The molecule has 0 saturated carbocycles. The summed E-state index contributed by atoms with van der Waals surface area (Å²) in [5, 5.41) is 0. The molecule has 2 aliphatic rings. The Hall–Kier alpha value is -3.52. The van der Waals surface area contributed by atoms with Crippen molar-refractivity contribution >= 4 is 29.2 Å². The summed E-state index contributed by atoms with van der Waals surface area (Å²) in [5.74, 6) is -0.631. The van der Waals surface area contributed by atoms with Gasteiger partial charge in [0.25, 0.3) is 17.7 Å². The van der Waals surface area contributed by atoms with Crippen molar-refractivity contribution in [1.29, 1.82) is 0 Å². The maximum Gasteiger partial charge on any atom is 0.265 e. The van der Waals surface area contributed by atoms with E-state index in [0.717, 1.165) is 0 Å². The van der Waals surface area contributed by atoms with Crippen LogP contribution in [0.5, 0.6) is 5.75 Å². The van der Waals surface area contributed by atoms with E-state index >= 15 is 0 Å². The lowest BCUT2D eigenvalue weighted by Crippen LogP contribution is -2.50. The molecule has 0 bridgehead atoms. The van der Waals surface area contributed by atoms with Crippen molar-refractivity contribution in [2.45, 2.75) is 26.3 Å². The van der Waals surface area contributed by atoms with Crippen molar-refractivity contribution in [2.24, 2.45) is 0 Å². The number of amides is 3. The van der Waals surface area contributed by atoms with Gasteiger partial charge in [-0.2, -0.15) is 0 Å². The average molecular weight is 436 g/mol. The van der Waals surface area contributed by atoms with E-state index in [2.05, 4.69) is 0 Å². The van der Waals surface area contributed by atoms with Crippen LogP contribution in [0.15, 0.2) is 42.5 Å². The van der Waals surface area contributed by atoms with Crippen molar-refractivity contribution in [1.82, 2.24) is 4.90 Å². The Morgan fingerprint density at radius 2 is 1.72 bits per heavy atom. The van der Waals surface area contributed by atoms with Gasteiger partial charge in [0, 0.05) is 12.1 Å². The van der Waals surface area contributed by atoms with E-state index in [1.807, 2.05) is 6.92 Å². The molecule has 0 saturated heterocycles. The van der Waals surface area contributed by atoms with Gasteiger partial charge in [0.1, 0.15) is 12.4 Å².